The Labute approximate surface area is 133 Å². The molecular formula is C15H21F2N3O3. The van der Waals surface area contributed by atoms with Crippen molar-refractivity contribution >= 4 is 17.6 Å². The lowest BCUT2D eigenvalue weighted by atomic mass is 10.1. The minimum absolute atomic E-state index is 0.0103. The van der Waals surface area contributed by atoms with Gasteiger partial charge in [0.2, 0.25) is 5.91 Å². The van der Waals surface area contributed by atoms with E-state index >= 15 is 0 Å². The lowest BCUT2D eigenvalue weighted by Crippen LogP contribution is -2.51. The maximum absolute atomic E-state index is 12.0. The molecule has 0 aliphatic rings. The third-order valence-corrected chi connectivity index (χ3v) is 2.58. The van der Waals surface area contributed by atoms with Gasteiger partial charge in [0, 0.05) is 11.2 Å². The fourth-order valence-corrected chi connectivity index (χ4v) is 1.63. The standard InChI is InChI=1S/C15H21F2N3O3/c1-9(12(21)20-15(2,3)4)18-14(22)19-10-5-7-11(8-6-10)23-13(16)17/h5-9,13H,1-4H3,(H,20,21)(H2,18,19,22)/t9-/m1/s1. The second-order valence-electron chi connectivity index (χ2n) is 5.96. The molecule has 0 spiro atoms. The van der Waals surface area contributed by atoms with Gasteiger partial charge < -0.3 is 20.7 Å². The third kappa shape index (κ3) is 7.44. The lowest BCUT2D eigenvalue weighted by molar-refractivity contribution is -0.123. The predicted molar refractivity (Wildman–Crippen MR) is 82.6 cm³/mol. The summed E-state index contributed by atoms with van der Waals surface area (Å²) in [6, 6.07) is 4.13. The second kappa shape index (κ2) is 7.75. The fourth-order valence-electron chi connectivity index (χ4n) is 1.63. The molecule has 8 heteroatoms. The van der Waals surface area contributed by atoms with Crippen LogP contribution in [0.1, 0.15) is 27.7 Å². The van der Waals surface area contributed by atoms with Crippen LogP contribution in [0.4, 0.5) is 19.3 Å². The van der Waals surface area contributed by atoms with Gasteiger partial charge in [0.1, 0.15) is 11.8 Å². The molecule has 1 atom stereocenters. The summed E-state index contributed by atoms with van der Waals surface area (Å²) in [7, 11) is 0. The SMILES string of the molecule is C[C@@H](NC(=O)Nc1ccc(OC(F)F)cc1)C(=O)NC(C)(C)C. The van der Waals surface area contributed by atoms with Crippen LogP contribution in [0, 0.1) is 0 Å². The minimum Gasteiger partial charge on any atom is -0.435 e. The Morgan fingerprint density at radius 2 is 1.70 bits per heavy atom. The first-order valence-electron chi connectivity index (χ1n) is 7.01. The van der Waals surface area contributed by atoms with Crippen LogP contribution in [-0.4, -0.2) is 30.1 Å². The molecule has 3 amide bonds. The molecule has 23 heavy (non-hydrogen) atoms. The normalized spacial score (nSPS) is 12.5. The molecule has 0 radical (unpaired) electrons. The van der Waals surface area contributed by atoms with E-state index in [0.717, 1.165) is 0 Å². The van der Waals surface area contributed by atoms with E-state index in [0.29, 0.717) is 5.69 Å². The number of amides is 3. The first kappa shape index (κ1) is 18.7. The Morgan fingerprint density at radius 1 is 1.13 bits per heavy atom. The van der Waals surface area contributed by atoms with E-state index in [1.807, 2.05) is 20.8 Å². The number of halogens is 2. The Balaban J connectivity index is 2.51. The number of benzene rings is 1. The summed E-state index contributed by atoms with van der Waals surface area (Å²) in [6.07, 6.45) is 0. The van der Waals surface area contributed by atoms with Crippen molar-refractivity contribution in [2.24, 2.45) is 0 Å². The van der Waals surface area contributed by atoms with Gasteiger partial charge in [-0.3, -0.25) is 4.79 Å². The van der Waals surface area contributed by atoms with Crippen LogP contribution in [0.3, 0.4) is 0 Å². The van der Waals surface area contributed by atoms with Crippen LogP contribution in [0.25, 0.3) is 0 Å². The number of alkyl halides is 2. The van der Waals surface area contributed by atoms with Crippen molar-refractivity contribution in [1.82, 2.24) is 10.6 Å². The van der Waals surface area contributed by atoms with E-state index in [1.165, 1.54) is 24.3 Å². The molecule has 1 rings (SSSR count). The average Bonchev–Trinajstić information content (AvgIpc) is 2.38. The first-order valence-corrected chi connectivity index (χ1v) is 7.01. The summed E-state index contributed by atoms with van der Waals surface area (Å²) in [5, 5.41) is 7.73. The summed E-state index contributed by atoms with van der Waals surface area (Å²) in [5.74, 6) is -0.322. The van der Waals surface area contributed by atoms with Gasteiger partial charge in [-0.2, -0.15) is 8.78 Å². The molecule has 128 valence electrons. The van der Waals surface area contributed by atoms with Crippen molar-refractivity contribution in [2.45, 2.75) is 45.9 Å². The predicted octanol–water partition coefficient (Wildman–Crippen LogP) is 2.71. The van der Waals surface area contributed by atoms with Crippen LogP contribution in [-0.2, 0) is 4.79 Å². The number of urea groups is 1. The molecule has 3 N–H and O–H groups in total. The Morgan fingerprint density at radius 3 is 2.17 bits per heavy atom. The number of carbonyl (C=O) groups is 2. The molecule has 0 aliphatic heterocycles. The highest BCUT2D eigenvalue weighted by Crippen LogP contribution is 2.17. The summed E-state index contributed by atoms with van der Waals surface area (Å²) < 4.78 is 28.3. The van der Waals surface area contributed by atoms with Crippen LogP contribution >= 0.6 is 0 Å². The maximum atomic E-state index is 12.0. The lowest BCUT2D eigenvalue weighted by Gasteiger charge is -2.23. The van der Waals surface area contributed by atoms with Gasteiger partial charge in [-0.25, -0.2) is 4.79 Å². The van der Waals surface area contributed by atoms with Crippen molar-refractivity contribution in [3.05, 3.63) is 24.3 Å². The number of hydrogen-bond acceptors (Lipinski definition) is 3. The highest BCUT2D eigenvalue weighted by atomic mass is 19.3. The van der Waals surface area contributed by atoms with Crippen molar-refractivity contribution in [3.63, 3.8) is 0 Å². The van der Waals surface area contributed by atoms with Gasteiger partial charge >= 0.3 is 12.6 Å². The van der Waals surface area contributed by atoms with Crippen LogP contribution in [0.15, 0.2) is 24.3 Å². The third-order valence-electron chi connectivity index (χ3n) is 2.58. The summed E-state index contributed by atoms with van der Waals surface area (Å²) in [5.41, 5.74) is -0.0168. The smallest absolute Gasteiger partial charge is 0.387 e. The molecule has 0 bridgehead atoms. The van der Waals surface area contributed by atoms with E-state index in [2.05, 4.69) is 20.7 Å². The topological polar surface area (TPSA) is 79.5 Å². The first-order chi connectivity index (χ1) is 10.6. The zero-order chi connectivity index (χ0) is 17.6. The molecule has 1 aromatic carbocycles. The fraction of sp³-hybridized carbons (Fsp3) is 0.467. The van der Waals surface area contributed by atoms with Crippen molar-refractivity contribution in [1.29, 1.82) is 0 Å². The molecule has 0 saturated carbocycles. The van der Waals surface area contributed by atoms with Gasteiger partial charge in [0.15, 0.2) is 0 Å². The second-order valence-corrected chi connectivity index (χ2v) is 5.96. The molecule has 0 fully saturated rings. The zero-order valence-corrected chi connectivity index (χ0v) is 13.4. The highest BCUT2D eigenvalue weighted by Gasteiger charge is 2.20. The number of hydrogen-bond donors (Lipinski definition) is 3. The number of rotatable bonds is 5. The van der Waals surface area contributed by atoms with Gasteiger partial charge in [-0.1, -0.05) is 0 Å². The number of ether oxygens (including phenoxy) is 1. The summed E-state index contributed by atoms with van der Waals surface area (Å²) in [6.45, 7) is 4.15. The van der Waals surface area contributed by atoms with E-state index in [4.69, 9.17) is 0 Å². The van der Waals surface area contributed by atoms with Crippen molar-refractivity contribution < 1.29 is 23.1 Å². The zero-order valence-electron chi connectivity index (χ0n) is 13.4. The highest BCUT2D eigenvalue weighted by molar-refractivity contribution is 5.93. The van der Waals surface area contributed by atoms with E-state index in [9.17, 15) is 18.4 Å². The Hall–Kier alpha value is -2.38. The minimum atomic E-state index is -2.90. The Kier molecular flexibility index (Phi) is 6.29. The molecule has 1 aromatic rings. The van der Waals surface area contributed by atoms with Gasteiger partial charge in [-0.05, 0) is 52.0 Å². The van der Waals surface area contributed by atoms with Gasteiger partial charge in [0.05, 0.1) is 0 Å². The molecule has 0 saturated heterocycles. The summed E-state index contributed by atoms with van der Waals surface area (Å²) >= 11 is 0. The molecule has 6 nitrogen and oxygen atoms in total. The quantitative estimate of drug-likeness (QED) is 0.777. The van der Waals surface area contributed by atoms with Crippen molar-refractivity contribution in [2.75, 3.05) is 5.32 Å². The monoisotopic (exact) mass is 329 g/mol. The Bertz CT molecular complexity index is 542. The van der Waals surface area contributed by atoms with E-state index < -0.39 is 24.2 Å². The molecule has 0 aliphatic carbocycles. The van der Waals surface area contributed by atoms with Gasteiger partial charge in [0.25, 0.3) is 0 Å². The van der Waals surface area contributed by atoms with Crippen LogP contribution in [0.5, 0.6) is 5.75 Å². The summed E-state index contributed by atoms with van der Waals surface area (Å²) in [4.78, 5) is 23.7. The van der Waals surface area contributed by atoms with E-state index in [-0.39, 0.29) is 11.7 Å². The average molecular weight is 329 g/mol. The van der Waals surface area contributed by atoms with Crippen molar-refractivity contribution in [3.8, 4) is 5.75 Å². The van der Waals surface area contributed by atoms with Gasteiger partial charge in [-0.15, -0.1) is 0 Å². The molecule has 0 aromatic heterocycles. The molecular weight excluding hydrogens is 308 g/mol. The van der Waals surface area contributed by atoms with E-state index in [1.54, 1.807) is 6.92 Å². The largest absolute Gasteiger partial charge is 0.435 e. The van der Waals surface area contributed by atoms with Crippen LogP contribution < -0.4 is 20.7 Å². The van der Waals surface area contributed by atoms with Crippen LogP contribution in [0.2, 0.25) is 0 Å². The molecule has 0 heterocycles. The number of anilines is 1. The maximum Gasteiger partial charge on any atom is 0.387 e. The number of nitrogens with one attached hydrogen (secondary N) is 3. The molecule has 0 unspecified atom stereocenters. The number of carbonyl (C=O) groups excluding carboxylic acids is 2.